The second-order valence-electron chi connectivity index (χ2n) is 3.50. The zero-order valence-corrected chi connectivity index (χ0v) is 10.9. The minimum atomic E-state index is 0.432. The van der Waals surface area contributed by atoms with E-state index in [4.69, 9.17) is 21.7 Å². The first-order chi connectivity index (χ1) is 8.72. The highest BCUT2D eigenvalue weighted by molar-refractivity contribution is 7.71. The number of methoxy groups -OCH3 is 2. The van der Waals surface area contributed by atoms with Crippen LogP contribution in [0.3, 0.4) is 0 Å². The summed E-state index contributed by atoms with van der Waals surface area (Å²) in [5, 5.41) is 5.57. The molecule has 0 aliphatic heterocycles. The van der Waals surface area contributed by atoms with Crippen LogP contribution in [0.1, 0.15) is 11.4 Å². The monoisotopic (exact) mass is 263 g/mol. The summed E-state index contributed by atoms with van der Waals surface area (Å²) in [7, 11) is 3.22. The summed E-state index contributed by atoms with van der Waals surface area (Å²) < 4.78 is 10.8. The van der Waals surface area contributed by atoms with Crippen LogP contribution in [0.25, 0.3) is 12.2 Å². The molecule has 2 aromatic rings. The van der Waals surface area contributed by atoms with Crippen molar-refractivity contribution < 1.29 is 9.47 Å². The van der Waals surface area contributed by atoms with Gasteiger partial charge in [0, 0.05) is 0 Å². The van der Waals surface area contributed by atoms with Crippen molar-refractivity contribution in [2.24, 2.45) is 0 Å². The van der Waals surface area contributed by atoms with Crippen LogP contribution in [0, 0.1) is 4.77 Å². The summed E-state index contributed by atoms with van der Waals surface area (Å²) in [4.78, 5) is 4.06. The van der Waals surface area contributed by atoms with Gasteiger partial charge in [0.15, 0.2) is 11.5 Å². The number of hydrogen-bond acceptors (Lipinski definition) is 4. The number of nitrogens with zero attached hydrogens (tertiary/aromatic N) is 1. The highest BCUT2D eigenvalue weighted by atomic mass is 32.1. The van der Waals surface area contributed by atoms with Crippen LogP contribution in [0.2, 0.25) is 0 Å². The molecule has 0 saturated carbocycles. The van der Waals surface area contributed by atoms with E-state index in [-0.39, 0.29) is 0 Å². The lowest BCUT2D eigenvalue weighted by Gasteiger charge is -2.07. The van der Waals surface area contributed by atoms with Crippen LogP contribution in [0.4, 0.5) is 0 Å². The standard InChI is InChI=1S/C12H13N3O2S/c1-16-9-5-3-8(7-10(9)17-2)4-6-11-13-12(18)15-14-11/h3-7H,1-2H3,(H2,13,14,15,18)/b6-4-. The van der Waals surface area contributed by atoms with Gasteiger partial charge in [0.1, 0.15) is 5.82 Å². The number of benzene rings is 1. The minimum absolute atomic E-state index is 0.432. The summed E-state index contributed by atoms with van der Waals surface area (Å²) in [6.45, 7) is 0. The summed E-state index contributed by atoms with van der Waals surface area (Å²) >= 11 is 4.87. The number of hydrogen-bond donors (Lipinski definition) is 2. The summed E-state index contributed by atoms with van der Waals surface area (Å²) in [6.07, 6.45) is 3.73. The molecule has 0 aliphatic carbocycles. The first-order valence-electron chi connectivity index (χ1n) is 5.27. The molecule has 0 saturated heterocycles. The zero-order chi connectivity index (χ0) is 13.0. The molecule has 0 radical (unpaired) electrons. The molecule has 0 amide bonds. The Hall–Kier alpha value is -2.08. The number of rotatable bonds is 4. The van der Waals surface area contributed by atoms with E-state index in [2.05, 4.69) is 15.2 Å². The third-order valence-electron chi connectivity index (χ3n) is 2.36. The van der Waals surface area contributed by atoms with Crippen molar-refractivity contribution in [1.82, 2.24) is 15.2 Å². The fourth-order valence-electron chi connectivity index (χ4n) is 1.49. The maximum Gasteiger partial charge on any atom is 0.213 e. The minimum Gasteiger partial charge on any atom is -0.493 e. The van der Waals surface area contributed by atoms with Gasteiger partial charge in [-0.2, -0.15) is 0 Å². The average molecular weight is 263 g/mol. The van der Waals surface area contributed by atoms with Gasteiger partial charge < -0.3 is 9.47 Å². The summed E-state index contributed by atoms with van der Waals surface area (Å²) in [5.41, 5.74) is 0.981. The first-order valence-corrected chi connectivity index (χ1v) is 5.68. The van der Waals surface area contributed by atoms with Crippen molar-refractivity contribution >= 4 is 24.4 Å². The smallest absolute Gasteiger partial charge is 0.213 e. The fraction of sp³-hybridized carbons (Fsp3) is 0.167. The van der Waals surface area contributed by atoms with Crippen molar-refractivity contribution in [2.45, 2.75) is 0 Å². The molecule has 2 rings (SSSR count). The highest BCUT2D eigenvalue weighted by Gasteiger charge is 2.02. The van der Waals surface area contributed by atoms with E-state index in [0.717, 1.165) is 5.56 Å². The second-order valence-corrected chi connectivity index (χ2v) is 3.89. The maximum absolute atomic E-state index is 5.23. The Morgan fingerprint density at radius 1 is 1.11 bits per heavy atom. The molecule has 0 unspecified atom stereocenters. The molecule has 18 heavy (non-hydrogen) atoms. The molecule has 0 bridgehead atoms. The molecule has 6 heteroatoms. The largest absolute Gasteiger partial charge is 0.493 e. The average Bonchev–Trinajstić information content (AvgIpc) is 2.81. The van der Waals surface area contributed by atoms with Gasteiger partial charge >= 0.3 is 0 Å². The molecule has 94 valence electrons. The van der Waals surface area contributed by atoms with Crippen molar-refractivity contribution in [3.05, 3.63) is 34.4 Å². The number of aromatic amines is 2. The van der Waals surface area contributed by atoms with Crippen molar-refractivity contribution in [3.63, 3.8) is 0 Å². The van der Waals surface area contributed by atoms with E-state index in [1.807, 2.05) is 30.4 Å². The van der Waals surface area contributed by atoms with E-state index in [9.17, 15) is 0 Å². The Labute approximate surface area is 109 Å². The van der Waals surface area contributed by atoms with Gasteiger partial charge in [0.2, 0.25) is 4.77 Å². The molecule has 0 spiro atoms. The molecule has 2 N–H and O–H groups in total. The van der Waals surface area contributed by atoms with Crippen molar-refractivity contribution in [2.75, 3.05) is 14.2 Å². The van der Waals surface area contributed by atoms with Crippen LogP contribution in [-0.2, 0) is 0 Å². The second kappa shape index (κ2) is 5.50. The number of ether oxygens (including phenoxy) is 2. The zero-order valence-electron chi connectivity index (χ0n) is 10.1. The van der Waals surface area contributed by atoms with Gasteiger partial charge in [-0.25, -0.2) is 4.98 Å². The van der Waals surface area contributed by atoms with Crippen LogP contribution in [0.5, 0.6) is 11.5 Å². The molecule has 1 aromatic carbocycles. The van der Waals surface area contributed by atoms with Gasteiger partial charge in [-0.3, -0.25) is 10.2 Å². The first kappa shape index (κ1) is 12.4. The molecule has 0 aliphatic rings. The molecule has 1 aromatic heterocycles. The Bertz CT molecular complexity index is 616. The van der Waals surface area contributed by atoms with Crippen LogP contribution < -0.4 is 9.47 Å². The summed E-state index contributed by atoms with van der Waals surface area (Å²) in [5.74, 6) is 2.07. The predicted molar refractivity (Wildman–Crippen MR) is 72.2 cm³/mol. The van der Waals surface area contributed by atoms with Crippen molar-refractivity contribution in [3.8, 4) is 11.5 Å². The fourth-order valence-corrected chi connectivity index (χ4v) is 1.64. The number of H-pyrrole nitrogens is 2. The van der Waals surface area contributed by atoms with Gasteiger partial charge in [-0.05, 0) is 36.0 Å². The van der Waals surface area contributed by atoms with Gasteiger partial charge in [0.25, 0.3) is 0 Å². The topological polar surface area (TPSA) is 62.9 Å². The van der Waals surface area contributed by atoms with Gasteiger partial charge in [-0.1, -0.05) is 12.1 Å². The SMILES string of the molecule is COc1ccc(/C=C\c2nc(=S)[nH][nH]2)cc1OC. The third-order valence-corrected chi connectivity index (χ3v) is 2.55. The van der Waals surface area contributed by atoms with E-state index in [1.165, 1.54) is 0 Å². The van der Waals surface area contributed by atoms with Crippen molar-refractivity contribution in [1.29, 1.82) is 0 Å². The van der Waals surface area contributed by atoms with Crippen LogP contribution in [0.15, 0.2) is 18.2 Å². The van der Waals surface area contributed by atoms with E-state index >= 15 is 0 Å². The third kappa shape index (κ3) is 2.78. The lowest BCUT2D eigenvalue weighted by molar-refractivity contribution is 0.355. The Morgan fingerprint density at radius 3 is 2.50 bits per heavy atom. The van der Waals surface area contributed by atoms with Crippen LogP contribution >= 0.6 is 12.2 Å². The lowest BCUT2D eigenvalue weighted by Crippen LogP contribution is -1.90. The Kier molecular flexibility index (Phi) is 3.78. The maximum atomic E-state index is 5.23. The molecule has 1 heterocycles. The van der Waals surface area contributed by atoms with E-state index < -0.39 is 0 Å². The van der Waals surface area contributed by atoms with Crippen LogP contribution in [-0.4, -0.2) is 29.4 Å². The molecule has 0 atom stereocenters. The van der Waals surface area contributed by atoms with Gasteiger partial charge in [0.05, 0.1) is 14.2 Å². The molecular weight excluding hydrogens is 250 g/mol. The predicted octanol–water partition coefficient (Wildman–Crippen LogP) is 2.65. The quantitative estimate of drug-likeness (QED) is 0.832. The number of aromatic nitrogens is 3. The highest BCUT2D eigenvalue weighted by Crippen LogP contribution is 2.28. The number of nitrogens with one attached hydrogen (secondary N) is 2. The Morgan fingerprint density at radius 2 is 1.89 bits per heavy atom. The normalized spacial score (nSPS) is 10.8. The molecule has 5 nitrogen and oxygen atoms in total. The van der Waals surface area contributed by atoms with Gasteiger partial charge in [-0.15, -0.1) is 0 Å². The molecular formula is C12H13N3O2S. The Balaban J connectivity index is 2.24. The lowest BCUT2D eigenvalue weighted by atomic mass is 10.2. The van der Waals surface area contributed by atoms with E-state index in [0.29, 0.717) is 22.1 Å². The summed E-state index contributed by atoms with van der Waals surface area (Å²) in [6, 6.07) is 5.67. The van der Waals surface area contributed by atoms with E-state index in [1.54, 1.807) is 14.2 Å². The molecule has 0 fully saturated rings.